The van der Waals surface area contributed by atoms with Gasteiger partial charge in [-0.2, -0.15) is 0 Å². The Morgan fingerprint density at radius 2 is 2.23 bits per heavy atom. The van der Waals surface area contributed by atoms with Gasteiger partial charge in [0.05, 0.1) is 6.61 Å². The molecule has 0 spiro atoms. The molecule has 0 aliphatic rings. The highest BCUT2D eigenvalue weighted by molar-refractivity contribution is 7.10. The van der Waals surface area contributed by atoms with E-state index in [2.05, 4.69) is 30.6 Å². The normalized spacial score (nSPS) is 15.7. The lowest BCUT2D eigenvalue weighted by Gasteiger charge is -2.17. The average Bonchev–Trinajstić information content (AvgIpc) is 2.51. The van der Waals surface area contributed by atoms with E-state index in [-0.39, 0.29) is 12.6 Å². The van der Waals surface area contributed by atoms with Gasteiger partial charge < -0.3 is 10.4 Å². The molecule has 3 heteroatoms. The second kappa shape index (κ2) is 4.74. The zero-order chi connectivity index (χ0) is 9.84. The van der Waals surface area contributed by atoms with Crippen molar-refractivity contribution in [2.45, 2.75) is 32.9 Å². The fourth-order valence-corrected chi connectivity index (χ4v) is 2.33. The number of aliphatic hydroxyl groups is 1. The largest absolute Gasteiger partial charge is 0.395 e. The van der Waals surface area contributed by atoms with E-state index >= 15 is 0 Å². The lowest BCUT2D eigenvalue weighted by atomic mass is 10.2. The first-order valence-electron chi connectivity index (χ1n) is 4.56. The summed E-state index contributed by atoms with van der Waals surface area (Å²) in [6.45, 7) is 6.42. The summed E-state index contributed by atoms with van der Waals surface area (Å²) in [5.41, 5.74) is 1.33. The maximum absolute atomic E-state index is 8.89. The van der Waals surface area contributed by atoms with Crippen molar-refractivity contribution in [2.24, 2.45) is 0 Å². The molecule has 2 nitrogen and oxygen atoms in total. The van der Waals surface area contributed by atoms with Gasteiger partial charge in [0.1, 0.15) is 0 Å². The van der Waals surface area contributed by atoms with Crippen LogP contribution in [-0.4, -0.2) is 17.8 Å². The van der Waals surface area contributed by atoms with Gasteiger partial charge in [-0.3, -0.25) is 0 Å². The highest BCUT2D eigenvalue weighted by atomic mass is 32.1. The fourth-order valence-electron chi connectivity index (χ4n) is 1.38. The molecule has 0 saturated heterocycles. The second-order valence-electron chi connectivity index (χ2n) is 3.44. The monoisotopic (exact) mass is 199 g/mol. The number of nitrogens with one attached hydrogen (secondary N) is 1. The van der Waals surface area contributed by atoms with Crippen LogP contribution in [-0.2, 0) is 0 Å². The van der Waals surface area contributed by atoms with Gasteiger partial charge in [-0.1, -0.05) is 0 Å². The average molecular weight is 199 g/mol. The second-order valence-corrected chi connectivity index (χ2v) is 4.39. The molecule has 0 radical (unpaired) electrons. The van der Waals surface area contributed by atoms with Gasteiger partial charge in [-0.05, 0) is 37.8 Å². The molecule has 2 N–H and O–H groups in total. The van der Waals surface area contributed by atoms with E-state index in [1.165, 1.54) is 10.4 Å². The molecular formula is C10H17NOS. The van der Waals surface area contributed by atoms with Crippen LogP contribution in [0, 0.1) is 6.92 Å². The Bertz CT molecular complexity index is 259. The standard InChI is InChI=1S/C10H17NOS/c1-7-4-5-13-10(7)9(3)11-8(2)6-12/h4-5,8-9,11-12H,6H2,1-3H3/t8-,9-/m0/s1. The molecule has 0 aliphatic heterocycles. The smallest absolute Gasteiger partial charge is 0.0582 e. The number of aryl methyl sites for hydroxylation is 1. The van der Waals surface area contributed by atoms with E-state index in [1.807, 2.05) is 6.92 Å². The first-order chi connectivity index (χ1) is 6.15. The highest BCUT2D eigenvalue weighted by Gasteiger charge is 2.11. The number of hydrogen-bond donors (Lipinski definition) is 2. The van der Waals surface area contributed by atoms with Crippen LogP contribution in [0.5, 0.6) is 0 Å². The van der Waals surface area contributed by atoms with Crippen LogP contribution in [0.3, 0.4) is 0 Å². The SMILES string of the molecule is Cc1ccsc1[C@H](C)N[C@@H](C)CO. The zero-order valence-corrected chi connectivity index (χ0v) is 9.19. The molecule has 0 unspecified atom stereocenters. The van der Waals surface area contributed by atoms with E-state index in [1.54, 1.807) is 11.3 Å². The summed E-state index contributed by atoms with van der Waals surface area (Å²) >= 11 is 1.77. The van der Waals surface area contributed by atoms with Crippen LogP contribution in [0.4, 0.5) is 0 Å². The van der Waals surface area contributed by atoms with E-state index in [9.17, 15) is 0 Å². The first-order valence-corrected chi connectivity index (χ1v) is 5.44. The van der Waals surface area contributed by atoms with E-state index in [4.69, 9.17) is 5.11 Å². The van der Waals surface area contributed by atoms with E-state index in [0.29, 0.717) is 6.04 Å². The van der Waals surface area contributed by atoms with Crippen molar-refractivity contribution < 1.29 is 5.11 Å². The van der Waals surface area contributed by atoms with Crippen LogP contribution in [0.1, 0.15) is 30.3 Å². The molecule has 1 rings (SSSR count). The van der Waals surface area contributed by atoms with Crippen LogP contribution >= 0.6 is 11.3 Å². The van der Waals surface area contributed by atoms with Gasteiger partial charge in [0.15, 0.2) is 0 Å². The van der Waals surface area contributed by atoms with Crippen molar-refractivity contribution in [3.05, 3.63) is 21.9 Å². The topological polar surface area (TPSA) is 32.3 Å². The molecule has 0 bridgehead atoms. The molecule has 0 amide bonds. The quantitative estimate of drug-likeness (QED) is 0.778. The van der Waals surface area contributed by atoms with Gasteiger partial charge in [-0.25, -0.2) is 0 Å². The van der Waals surface area contributed by atoms with Crippen LogP contribution in [0.25, 0.3) is 0 Å². The lowest BCUT2D eigenvalue weighted by molar-refractivity contribution is 0.243. The summed E-state index contributed by atoms with van der Waals surface area (Å²) in [5.74, 6) is 0. The Morgan fingerprint density at radius 3 is 2.69 bits per heavy atom. The fraction of sp³-hybridized carbons (Fsp3) is 0.600. The third-order valence-corrected chi connectivity index (χ3v) is 3.30. The molecular weight excluding hydrogens is 182 g/mol. The molecule has 13 heavy (non-hydrogen) atoms. The Balaban J connectivity index is 2.58. The van der Waals surface area contributed by atoms with Crippen LogP contribution in [0.15, 0.2) is 11.4 Å². The van der Waals surface area contributed by atoms with Crippen molar-refractivity contribution in [2.75, 3.05) is 6.61 Å². The first kappa shape index (κ1) is 10.7. The van der Waals surface area contributed by atoms with Crippen molar-refractivity contribution in [1.82, 2.24) is 5.32 Å². The minimum atomic E-state index is 0.163. The maximum Gasteiger partial charge on any atom is 0.0582 e. The minimum absolute atomic E-state index is 0.163. The summed E-state index contributed by atoms with van der Waals surface area (Å²) in [4.78, 5) is 1.36. The Labute approximate surface area is 83.6 Å². The molecule has 0 aliphatic carbocycles. The molecule has 1 aromatic rings. The molecule has 2 atom stereocenters. The van der Waals surface area contributed by atoms with E-state index < -0.39 is 0 Å². The summed E-state index contributed by atoms with van der Waals surface area (Å²) in [7, 11) is 0. The lowest BCUT2D eigenvalue weighted by Crippen LogP contribution is -2.31. The summed E-state index contributed by atoms with van der Waals surface area (Å²) < 4.78 is 0. The van der Waals surface area contributed by atoms with E-state index in [0.717, 1.165) is 0 Å². The van der Waals surface area contributed by atoms with Gasteiger partial charge in [0, 0.05) is 17.0 Å². The Morgan fingerprint density at radius 1 is 1.54 bits per heavy atom. The molecule has 0 saturated carbocycles. The maximum atomic E-state index is 8.89. The summed E-state index contributed by atoms with van der Waals surface area (Å²) in [6, 6.07) is 2.63. The van der Waals surface area contributed by atoms with Gasteiger partial charge in [-0.15, -0.1) is 11.3 Å². The number of aliphatic hydroxyl groups excluding tert-OH is 1. The molecule has 0 fully saturated rings. The molecule has 1 aromatic heterocycles. The van der Waals surface area contributed by atoms with Gasteiger partial charge >= 0.3 is 0 Å². The molecule has 0 aromatic carbocycles. The minimum Gasteiger partial charge on any atom is -0.395 e. The number of hydrogen-bond acceptors (Lipinski definition) is 3. The predicted octanol–water partition coefficient (Wildman–Crippen LogP) is 2.09. The summed E-state index contributed by atoms with van der Waals surface area (Å²) in [6.07, 6.45) is 0. The van der Waals surface area contributed by atoms with Crippen molar-refractivity contribution in [3.8, 4) is 0 Å². The predicted molar refractivity (Wildman–Crippen MR) is 57.2 cm³/mol. The third-order valence-electron chi connectivity index (χ3n) is 2.10. The zero-order valence-electron chi connectivity index (χ0n) is 8.37. The molecule has 74 valence electrons. The summed E-state index contributed by atoms with van der Waals surface area (Å²) in [5, 5.41) is 14.3. The Kier molecular flexibility index (Phi) is 3.90. The van der Waals surface area contributed by atoms with Gasteiger partial charge in [0.25, 0.3) is 0 Å². The molecule has 1 heterocycles. The van der Waals surface area contributed by atoms with Crippen molar-refractivity contribution in [1.29, 1.82) is 0 Å². The van der Waals surface area contributed by atoms with Crippen molar-refractivity contribution in [3.63, 3.8) is 0 Å². The highest BCUT2D eigenvalue weighted by Crippen LogP contribution is 2.23. The third kappa shape index (κ3) is 2.79. The number of rotatable bonds is 4. The number of thiophene rings is 1. The Hall–Kier alpha value is -0.380. The van der Waals surface area contributed by atoms with Crippen LogP contribution in [0.2, 0.25) is 0 Å². The van der Waals surface area contributed by atoms with Gasteiger partial charge in [0.2, 0.25) is 0 Å². The van der Waals surface area contributed by atoms with Crippen LogP contribution < -0.4 is 5.32 Å². The van der Waals surface area contributed by atoms with Crippen molar-refractivity contribution >= 4 is 11.3 Å².